The van der Waals surface area contributed by atoms with Gasteiger partial charge in [-0.3, -0.25) is 14.5 Å². The van der Waals surface area contributed by atoms with E-state index in [2.05, 4.69) is 0 Å². The number of aliphatic hydroxyl groups excluding tert-OH is 1. The summed E-state index contributed by atoms with van der Waals surface area (Å²) in [5.74, 6) is 3.85. The first-order chi connectivity index (χ1) is 18.9. The summed E-state index contributed by atoms with van der Waals surface area (Å²) < 4.78 is 33.1. The Balaban J connectivity index is 1.78. The number of ether oxygens (including phenoxy) is 1. The Morgan fingerprint density at radius 3 is 2.58 bits per heavy atom. The van der Waals surface area contributed by atoms with Crippen molar-refractivity contribution in [1.82, 2.24) is 14.8 Å². The van der Waals surface area contributed by atoms with E-state index in [4.69, 9.17) is 27.9 Å². The maximum Gasteiger partial charge on any atom is 0.310 e. The molecule has 1 amide bonds. The second-order valence-electron chi connectivity index (χ2n) is 10.8. The second kappa shape index (κ2) is 12.1. The SMILES string of the molecule is CC[C@]1(C(=O)O)CCC[C@H]1C(=O)N1CCc2c(Cl)ccc(OC/C(N)=C(\C(F)F)N(C)N)c2C1N1CCCC1O. The van der Waals surface area contributed by atoms with E-state index in [0.717, 1.165) is 5.01 Å². The minimum atomic E-state index is -2.92. The standard InChI is InChI=1S/C27H38ClF2N5O5/c1-3-27(26(38)39)11-4-6-16(27)25(37)35-13-10-15-17(28)8-9-19(21(15)24(35)34-12-5-7-20(34)36)40-14-18(31)22(23(29)30)33(2)32/h8-9,16,20,23-24,36H,3-7,10-14,31-32H2,1-2H3,(H,38,39)/b22-18-/t16-,20?,24?,27-/m0/s1. The summed E-state index contributed by atoms with van der Waals surface area (Å²) in [5.41, 5.74) is 5.21. The summed E-state index contributed by atoms with van der Waals surface area (Å²) in [4.78, 5) is 30.0. The molecule has 4 rings (SSSR count). The van der Waals surface area contributed by atoms with Crippen LogP contribution in [0, 0.1) is 11.3 Å². The first-order valence-electron chi connectivity index (χ1n) is 13.6. The number of alkyl halides is 2. The Morgan fingerprint density at radius 1 is 1.27 bits per heavy atom. The molecule has 2 aliphatic heterocycles. The third-order valence-electron chi connectivity index (χ3n) is 8.71. The first-order valence-corrected chi connectivity index (χ1v) is 14.0. The Bertz CT molecular complexity index is 1160. The highest BCUT2D eigenvalue weighted by Crippen LogP contribution is 2.50. The molecule has 1 saturated heterocycles. The molecule has 1 aromatic carbocycles. The van der Waals surface area contributed by atoms with Gasteiger partial charge in [-0.1, -0.05) is 24.9 Å². The molecule has 0 radical (unpaired) electrons. The van der Waals surface area contributed by atoms with E-state index in [-0.39, 0.29) is 23.9 Å². The van der Waals surface area contributed by atoms with E-state index in [1.54, 1.807) is 28.9 Å². The van der Waals surface area contributed by atoms with Gasteiger partial charge in [-0.15, -0.1) is 0 Å². The number of nitrogens with zero attached hydrogens (tertiary/aromatic N) is 3. The molecule has 0 bridgehead atoms. The molecule has 40 heavy (non-hydrogen) atoms. The molecule has 1 aliphatic carbocycles. The zero-order valence-electron chi connectivity index (χ0n) is 22.8. The van der Waals surface area contributed by atoms with Gasteiger partial charge >= 0.3 is 5.97 Å². The van der Waals surface area contributed by atoms with Crippen LogP contribution in [0.4, 0.5) is 8.78 Å². The number of carboxylic acids is 1. The van der Waals surface area contributed by atoms with Crippen LogP contribution in [0.2, 0.25) is 5.02 Å². The number of nitrogens with two attached hydrogens (primary N) is 2. The van der Waals surface area contributed by atoms with Crippen LogP contribution < -0.4 is 16.3 Å². The Hall–Kier alpha value is -2.67. The van der Waals surface area contributed by atoms with Crippen molar-refractivity contribution in [2.24, 2.45) is 22.9 Å². The average Bonchev–Trinajstić information content (AvgIpc) is 3.53. The van der Waals surface area contributed by atoms with Gasteiger partial charge in [-0.25, -0.2) is 14.6 Å². The molecule has 222 valence electrons. The van der Waals surface area contributed by atoms with Crippen molar-refractivity contribution in [3.8, 4) is 5.75 Å². The first kappa shape index (κ1) is 30.3. The predicted molar refractivity (Wildman–Crippen MR) is 144 cm³/mol. The number of halogens is 3. The van der Waals surface area contributed by atoms with Crippen molar-refractivity contribution < 1.29 is 33.3 Å². The lowest BCUT2D eigenvalue weighted by molar-refractivity contribution is -0.163. The molecule has 2 heterocycles. The van der Waals surface area contributed by atoms with Gasteiger partial charge in [0.15, 0.2) is 0 Å². The minimum absolute atomic E-state index is 0.259. The van der Waals surface area contributed by atoms with E-state index >= 15 is 0 Å². The number of aliphatic hydroxyl groups is 1. The Labute approximate surface area is 237 Å². The van der Waals surface area contributed by atoms with Crippen molar-refractivity contribution in [2.45, 2.75) is 70.7 Å². The molecule has 1 saturated carbocycles. The molecule has 0 spiro atoms. The smallest absolute Gasteiger partial charge is 0.310 e. The average molecular weight is 586 g/mol. The van der Waals surface area contributed by atoms with Crippen molar-refractivity contribution in [1.29, 1.82) is 0 Å². The molecule has 2 unspecified atom stereocenters. The molecular weight excluding hydrogens is 548 g/mol. The Morgan fingerprint density at radius 2 is 2.00 bits per heavy atom. The van der Waals surface area contributed by atoms with Gasteiger partial charge in [-0.2, -0.15) is 0 Å². The molecule has 4 atom stereocenters. The minimum Gasteiger partial charge on any atom is -0.487 e. The van der Waals surface area contributed by atoms with Gasteiger partial charge in [0.1, 0.15) is 30.4 Å². The lowest BCUT2D eigenvalue weighted by Crippen LogP contribution is -2.53. The van der Waals surface area contributed by atoms with Crippen LogP contribution in [0.5, 0.6) is 5.75 Å². The molecule has 2 fully saturated rings. The third kappa shape index (κ3) is 5.34. The number of fused-ring (bicyclic) bond motifs is 1. The number of hydrazine groups is 1. The largest absolute Gasteiger partial charge is 0.487 e. The fourth-order valence-electron chi connectivity index (χ4n) is 6.63. The van der Waals surface area contributed by atoms with Gasteiger partial charge in [0.05, 0.1) is 17.0 Å². The predicted octanol–water partition coefficient (Wildman–Crippen LogP) is 3.04. The van der Waals surface area contributed by atoms with Crippen LogP contribution in [0.3, 0.4) is 0 Å². The van der Waals surface area contributed by atoms with Gasteiger partial charge in [0.25, 0.3) is 6.43 Å². The number of rotatable bonds is 9. The van der Waals surface area contributed by atoms with Crippen LogP contribution in [0.15, 0.2) is 23.5 Å². The number of hydrogen-bond acceptors (Lipinski definition) is 8. The second-order valence-corrected chi connectivity index (χ2v) is 11.2. The fraction of sp³-hybridized carbons (Fsp3) is 0.630. The van der Waals surface area contributed by atoms with Crippen molar-refractivity contribution in [3.63, 3.8) is 0 Å². The number of hydrogen-bond donors (Lipinski definition) is 4. The van der Waals surface area contributed by atoms with Crippen molar-refractivity contribution in [2.75, 3.05) is 26.7 Å². The number of carboxylic acid groups (broad SMARTS) is 1. The Kier molecular flexibility index (Phi) is 9.13. The third-order valence-corrected chi connectivity index (χ3v) is 9.07. The maximum absolute atomic E-state index is 14.2. The topological polar surface area (TPSA) is 146 Å². The van der Waals surface area contributed by atoms with E-state index in [1.807, 2.05) is 0 Å². The van der Waals surface area contributed by atoms with E-state index in [0.29, 0.717) is 67.6 Å². The van der Waals surface area contributed by atoms with Gasteiger partial charge < -0.3 is 30.6 Å². The van der Waals surface area contributed by atoms with Crippen LogP contribution in [-0.4, -0.2) is 76.3 Å². The summed E-state index contributed by atoms with van der Waals surface area (Å²) in [6.07, 6.45) is -1.15. The zero-order valence-corrected chi connectivity index (χ0v) is 23.5. The lowest BCUT2D eigenvalue weighted by atomic mass is 9.74. The number of benzene rings is 1. The van der Waals surface area contributed by atoms with Gasteiger partial charge in [0, 0.05) is 30.7 Å². The number of likely N-dealkylation sites (tertiary alicyclic amines) is 1. The lowest BCUT2D eigenvalue weighted by Gasteiger charge is -2.46. The van der Waals surface area contributed by atoms with Crippen molar-refractivity contribution in [3.05, 3.63) is 39.7 Å². The summed E-state index contributed by atoms with van der Waals surface area (Å²) in [7, 11) is 1.25. The number of aliphatic carboxylic acids is 1. The normalized spacial score (nSPS) is 27.5. The summed E-state index contributed by atoms with van der Waals surface area (Å²) in [6, 6.07) is 3.23. The molecule has 10 nitrogen and oxygen atoms in total. The van der Waals surface area contributed by atoms with E-state index in [9.17, 15) is 28.6 Å². The summed E-state index contributed by atoms with van der Waals surface area (Å²) in [6.45, 7) is 2.15. The zero-order chi connectivity index (χ0) is 29.4. The van der Waals surface area contributed by atoms with E-state index < -0.39 is 48.4 Å². The summed E-state index contributed by atoms with van der Waals surface area (Å²) >= 11 is 6.61. The summed E-state index contributed by atoms with van der Waals surface area (Å²) in [5, 5.41) is 22.3. The molecule has 0 aromatic heterocycles. The number of allylic oxidation sites excluding steroid dienone is 1. The number of carbonyl (C=O) groups is 2. The van der Waals surface area contributed by atoms with Gasteiger partial charge in [-0.05, 0) is 56.2 Å². The molecule has 6 N–H and O–H groups in total. The van der Waals surface area contributed by atoms with Gasteiger partial charge in [0.2, 0.25) is 5.91 Å². The van der Waals surface area contributed by atoms with Crippen LogP contribution in [-0.2, 0) is 16.0 Å². The highest BCUT2D eigenvalue weighted by molar-refractivity contribution is 6.31. The molecule has 13 heteroatoms. The molecule has 1 aromatic rings. The molecule has 3 aliphatic rings. The maximum atomic E-state index is 14.2. The van der Waals surface area contributed by atoms with Crippen molar-refractivity contribution >= 4 is 23.5 Å². The molecular formula is C27H38ClF2N5O5. The number of carbonyl (C=O) groups excluding carboxylic acids is 1. The van der Waals surface area contributed by atoms with Crippen LogP contribution in [0.1, 0.15) is 62.7 Å². The highest BCUT2D eigenvalue weighted by atomic mass is 35.5. The quantitative estimate of drug-likeness (QED) is 0.254. The number of amides is 1. The van der Waals surface area contributed by atoms with Crippen LogP contribution >= 0.6 is 11.6 Å². The highest BCUT2D eigenvalue weighted by Gasteiger charge is 2.54. The fourth-order valence-corrected chi connectivity index (χ4v) is 6.89. The van der Waals surface area contributed by atoms with E-state index in [1.165, 1.54) is 7.05 Å². The monoisotopic (exact) mass is 585 g/mol. The van der Waals surface area contributed by atoms with Crippen LogP contribution in [0.25, 0.3) is 0 Å².